The van der Waals surface area contributed by atoms with Crippen molar-refractivity contribution in [3.63, 3.8) is 0 Å². The number of thioether (sulfide) groups is 1. The monoisotopic (exact) mass is 453 g/mol. The van der Waals surface area contributed by atoms with Crippen LogP contribution in [0.1, 0.15) is 17.7 Å². The van der Waals surface area contributed by atoms with Gasteiger partial charge in [0.2, 0.25) is 5.91 Å². The number of carbonyl (C=O) groups is 1. The molecule has 4 nitrogen and oxygen atoms in total. The maximum Gasteiger partial charge on any atom is 0.229 e. The Balaban J connectivity index is 1.52. The SMILES string of the molecule is Cc1ccc2nc(N(Cc3ccccn3)C(=O)CCSc3ccc(Cl)cc3)sc2c1. The van der Waals surface area contributed by atoms with Crippen molar-refractivity contribution in [2.45, 2.75) is 24.8 Å². The average molecular weight is 454 g/mol. The minimum absolute atomic E-state index is 0.0397. The molecule has 0 bridgehead atoms. The van der Waals surface area contributed by atoms with Crippen LogP contribution in [0.2, 0.25) is 5.02 Å². The van der Waals surface area contributed by atoms with Crippen molar-refractivity contribution in [2.24, 2.45) is 0 Å². The second-order valence-electron chi connectivity index (χ2n) is 6.82. The highest BCUT2D eigenvalue weighted by molar-refractivity contribution is 7.99. The van der Waals surface area contributed by atoms with Gasteiger partial charge < -0.3 is 0 Å². The number of aromatic nitrogens is 2. The number of thiazole rings is 1. The molecular weight excluding hydrogens is 434 g/mol. The molecule has 0 saturated heterocycles. The number of benzene rings is 2. The number of amides is 1. The maximum atomic E-state index is 13.2. The first-order valence-electron chi connectivity index (χ1n) is 9.54. The molecule has 7 heteroatoms. The van der Waals surface area contributed by atoms with E-state index in [1.54, 1.807) is 34.2 Å². The van der Waals surface area contributed by atoms with Gasteiger partial charge in [-0.3, -0.25) is 14.7 Å². The number of fused-ring (bicyclic) bond motifs is 1. The summed E-state index contributed by atoms with van der Waals surface area (Å²) in [6.07, 6.45) is 2.16. The Morgan fingerprint density at radius 3 is 2.73 bits per heavy atom. The van der Waals surface area contributed by atoms with E-state index in [0.717, 1.165) is 20.8 Å². The van der Waals surface area contributed by atoms with E-state index in [0.29, 0.717) is 28.9 Å². The summed E-state index contributed by atoms with van der Waals surface area (Å²) in [4.78, 5) is 25.1. The van der Waals surface area contributed by atoms with Gasteiger partial charge in [0.1, 0.15) is 0 Å². The smallest absolute Gasteiger partial charge is 0.229 e. The lowest BCUT2D eigenvalue weighted by Gasteiger charge is -2.19. The number of hydrogen-bond donors (Lipinski definition) is 0. The zero-order valence-corrected chi connectivity index (χ0v) is 18.8. The molecule has 0 aliphatic carbocycles. The minimum Gasteiger partial charge on any atom is -0.282 e. The molecule has 30 heavy (non-hydrogen) atoms. The number of aryl methyl sites for hydroxylation is 1. The highest BCUT2D eigenvalue weighted by Gasteiger charge is 2.20. The largest absolute Gasteiger partial charge is 0.282 e. The fraction of sp³-hybridized carbons (Fsp3) is 0.174. The van der Waals surface area contributed by atoms with Crippen molar-refractivity contribution >= 4 is 56.0 Å². The van der Waals surface area contributed by atoms with Gasteiger partial charge in [0.25, 0.3) is 0 Å². The van der Waals surface area contributed by atoms with Crippen molar-refractivity contribution in [3.05, 3.63) is 83.1 Å². The second kappa shape index (κ2) is 9.60. The van der Waals surface area contributed by atoms with Crippen LogP contribution in [-0.2, 0) is 11.3 Å². The number of hydrogen-bond acceptors (Lipinski definition) is 5. The summed E-state index contributed by atoms with van der Waals surface area (Å²) in [5.41, 5.74) is 2.93. The van der Waals surface area contributed by atoms with E-state index in [1.807, 2.05) is 54.6 Å². The van der Waals surface area contributed by atoms with Crippen LogP contribution in [-0.4, -0.2) is 21.6 Å². The number of rotatable bonds is 7. The number of carbonyl (C=O) groups excluding carboxylic acids is 1. The Kier molecular flexibility index (Phi) is 6.67. The van der Waals surface area contributed by atoms with Crippen LogP contribution in [0.15, 0.2) is 71.8 Å². The summed E-state index contributed by atoms with van der Waals surface area (Å²) >= 11 is 9.13. The molecule has 0 unspecified atom stereocenters. The van der Waals surface area contributed by atoms with Crippen molar-refractivity contribution in [3.8, 4) is 0 Å². The quantitative estimate of drug-likeness (QED) is 0.305. The lowest BCUT2D eigenvalue weighted by atomic mass is 10.2. The van der Waals surface area contributed by atoms with Crippen molar-refractivity contribution in [2.75, 3.05) is 10.7 Å². The Bertz CT molecular complexity index is 1150. The molecule has 152 valence electrons. The molecule has 4 aromatic rings. The standard InChI is InChI=1S/C23H20ClN3OS2/c1-16-5-10-20-21(14-16)30-23(26-20)27(15-18-4-2-3-12-25-18)22(28)11-13-29-19-8-6-17(24)7-9-19/h2-10,12,14H,11,13,15H2,1H3. The minimum atomic E-state index is 0.0397. The molecule has 0 spiro atoms. The molecule has 0 aliphatic heterocycles. The molecule has 0 N–H and O–H groups in total. The number of halogens is 1. The predicted octanol–water partition coefficient (Wildman–Crippen LogP) is 6.37. The highest BCUT2D eigenvalue weighted by atomic mass is 35.5. The Morgan fingerprint density at radius 2 is 1.97 bits per heavy atom. The summed E-state index contributed by atoms with van der Waals surface area (Å²) in [5.74, 6) is 0.723. The number of nitrogens with zero attached hydrogens (tertiary/aromatic N) is 3. The predicted molar refractivity (Wildman–Crippen MR) is 127 cm³/mol. The average Bonchev–Trinajstić information content (AvgIpc) is 3.17. The lowest BCUT2D eigenvalue weighted by Crippen LogP contribution is -2.30. The molecule has 0 radical (unpaired) electrons. The third kappa shape index (κ3) is 5.19. The molecule has 0 saturated carbocycles. The summed E-state index contributed by atoms with van der Waals surface area (Å²) in [6.45, 7) is 2.47. The second-order valence-corrected chi connectivity index (χ2v) is 9.43. The van der Waals surface area contributed by atoms with E-state index in [2.05, 4.69) is 18.0 Å². The van der Waals surface area contributed by atoms with Gasteiger partial charge in [-0.1, -0.05) is 35.1 Å². The molecule has 2 aromatic carbocycles. The van der Waals surface area contributed by atoms with E-state index in [1.165, 1.54) is 5.56 Å². The fourth-order valence-electron chi connectivity index (χ4n) is 2.97. The van der Waals surface area contributed by atoms with Crippen LogP contribution in [0.25, 0.3) is 10.2 Å². The van der Waals surface area contributed by atoms with Crippen molar-refractivity contribution in [1.29, 1.82) is 0 Å². The van der Waals surface area contributed by atoms with Crippen LogP contribution in [0.3, 0.4) is 0 Å². The lowest BCUT2D eigenvalue weighted by molar-refractivity contribution is -0.118. The number of anilines is 1. The van der Waals surface area contributed by atoms with Crippen LogP contribution < -0.4 is 4.90 Å². The molecule has 2 heterocycles. The van der Waals surface area contributed by atoms with E-state index >= 15 is 0 Å². The van der Waals surface area contributed by atoms with Crippen LogP contribution in [0.5, 0.6) is 0 Å². The normalized spacial score (nSPS) is 11.0. The Morgan fingerprint density at radius 1 is 1.13 bits per heavy atom. The van der Waals surface area contributed by atoms with Crippen LogP contribution >= 0.6 is 34.7 Å². The van der Waals surface area contributed by atoms with Gasteiger partial charge in [0.05, 0.1) is 22.5 Å². The molecule has 0 fully saturated rings. The molecule has 0 atom stereocenters. The topological polar surface area (TPSA) is 46.1 Å². The molecule has 0 aliphatic rings. The Hall–Kier alpha value is -2.41. The van der Waals surface area contributed by atoms with Gasteiger partial charge in [-0.15, -0.1) is 11.8 Å². The molecule has 1 amide bonds. The van der Waals surface area contributed by atoms with E-state index < -0.39 is 0 Å². The van der Waals surface area contributed by atoms with E-state index in [9.17, 15) is 4.79 Å². The van der Waals surface area contributed by atoms with Crippen molar-refractivity contribution < 1.29 is 4.79 Å². The van der Waals surface area contributed by atoms with Gasteiger partial charge >= 0.3 is 0 Å². The molecule has 4 rings (SSSR count). The maximum absolute atomic E-state index is 13.2. The number of pyridine rings is 1. The summed E-state index contributed by atoms with van der Waals surface area (Å²) < 4.78 is 1.08. The van der Waals surface area contributed by atoms with E-state index in [4.69, 9.17) is 16.6 Å². The summed E-state index contributed by atoms with van der Waals surface area (Å²) in [6, 6.07) is 19.6. The summed E-state index contributed by atoms with van der Waals surface area (Å²) in [5, 5.41) is 1.42. The zero-order valence-electron chi connectivity index (χ0n) is 16.4. The molecule has 2 aromatic heterocycles. The first kappa shape index (κ1) is 20.8. The zero-order chi connectivity index (χ0) is 20.9. The third-order valence-electron chi connectivity index (χ3n) is 4.51. The van der Waals surface area contributed by atoms with Crippen molar-refractivity contribution in [1.82, 2.24) is 9.97 Å². The van der Waals surface area contributed by atoms with Gasteiger partial charge in [0, 0.05) is 28.3 Å². The molecular formula is C23H20ClN3OS2. The van der Waals surface area contributed by atoms with Gasteiger partial charge in [-0.2, -0.15) is 0 Å². The van der Waals surface area contributed by atoms with Gasteiger partial charge in [0.15, 0.2) is 5.13 Å². The Labute approximate surface area is 188 Å². The fourth-order valence-corrected chi connectivity index (χ4v) is 5.02. The van der Waals surface area contributed by atoms with Crippen LogP contribution in [0, 0.1) is 6.92 Å². The third-order valence-corrected chi connectivity index (χ3v) is 6.82. The van der Waals surface area contributed by atoms with Crippen LogP contribution in [0.4, 0.5) is 5.13 Å². The first-order chi connectivity index (χ1) is 14.6. The van der Waals surface area contributed by atoms with Gasteiger partial charge in [-0.05, 0) is 61.0 Å². The summed E-state index contributed by atoms with van der Waals surface area (Å²) in [7, 11) is 0. The first-order valence-corrected chi connectivity index (χ1v) is 11.7. The van der Waals surface area contributed by atoms with E-state index in [-0.39, 0.29) is 5.91 Å². The van der Waals surface area contributed by atoms with Gasteiger partial charge in [-0.25, -0.2) is 4.98 Å². The highest BCUT2D eigenvalue weighted by Crippen LogP contribution is 2.31.